The van der Waals surface area contributed by atoms with Crippen LogP contribution in [0.25, 0.3) is 0 Å². The standard InChI is InChI=1S/C20H23BrN2O2/c1-15-8-9-19(18(21)14-15)25-16(2)20(24)23-12-10-22(11-13-23)17-6-4-3-5-7-17/h3-9,14,16H,10-13H2,1-2H3/t16-/m1/s1. The molecule has 3 rings (SSSR count). The molecular formula is C20H23BrN2O2. The predicted octanol–water partition coefficient (Wildman–Crippen LogP) is 3.87. The van der Waals surface area contributed by atoms with Gasteiger partial charge in [0, 0.05) is 31.9 Å². The molecule has 0 bridgehead atoms. The molecule has 1 saturated heterocycles. The molecule has 1 aliphatic heterocycles. The number of aryl methyl sites for hydroxylation is 1. The number of amides is 1. The number of rotatable bonds is 4. The van der Waals surface area contributed by atoms with E-state index in [0.717, 1.165) is 36.2 Å². The summed E-state index contributed by atoms with van der Waals surface area (Å²) in [6.07, 6.45) is -0.498. The number of nitrogens with zero attached hydrogens (tertiary/aromatic N) is 2. The molecule has 1 amide bonds. The molecular weight excluding hydrogens is 380 g/mol. The summed E-state index contributed by atoms with van der Waals surface area (Å²) in [5, 5.41) is 0. The number of hydrogen-bond donors (Lipinski definition) is 0. The highest BCUT2D eigenvalue weighted by Crippen LogP contribution is 2.27. The summed E-state index contributed by atoms with van der Waals surface area (Å²) in [4.78, 5) is 16.9. The fraction of sp³-hybridized carbons (Fsp3) is 0.350. The average molecular weight is 403 g/mol. The Morgan fingerprint density at radius 3 is 2.40 bits per heavy atom. The lowest BCUT2D eigenvalue weighted by atomic mass is 10.2. The normalized spacial score (nSPS) is 15.8. The molecule has 0 spiro atoms. The minimum absolute atomic E-state index is 0.0418. The van der Waals surface area contributed by atoms with Gasteiger partial charge in [0.2, 0.25) is 0 Å². The van der Waals surface area contributed by atoms with Crippen LogP contribution in [0, 0.1) is 6.92 Å². The molecule has 25 heavy (non-hydrogen) atoms. The van der Waals surface area contributed by atoms with E-state index in [1.165, 1.54) is 5.69 Å². The second-order valence-electron chi connectivity index (χ2n) is 6.34. The van der Waals surface area contributed by atoms with E-state index >= 15 is 0 Å². The van der Waals surface area contributed by atoms with Gasteiger partial charge in [-0.25, -0.2) is 0 Å². The van der Waals surface area contributed by atoms with E-state index in [1.807, 2.05) is 55.1 Å². The predicted molar refractivity (Wildman–Crippen MR) is 104 cm³/mol. The highest BCUT2D eigenvalue weighted by molar-refractivity contribution is 9.10. The maximum atomic E-state index is 12.7. The third kappa shape index (κ3) is 4.34. The highest BCUT2D eigenvalue weighted by atomic mass is 79.9. The zero-order valence-electron chi connectivity index (χ0n) is 14.6. The second-order valence-corrected chi connectivity index (χ2v) is 7.20. The summed E-state index contributed by atoms with van der Waals surface area (Å²) < 4.78 is 6.75. The third-order valence-electron chi connectivity index (χ3n) is 4.45. The van der Waals surface area contributed by atoms with E-state index in [4.69, 9.17) is 4.74 Å². The van der Waals surface area contributed by atoms with Gasteiger partial charge in [-0.2, -0.15) is 0 Å². The first-order valence-corrected chi connectivity index (χ1v) is 9.35. The van der Waals surface area contributed by atoms with Crippen LogP contribution < -0.4 is 9.64 Å². The van der Waals surface area contributed by atoms with Crippen LogP contribution in [-0.2, 0) is 4.79 Å². The lowest BCUT2D eigenvalue weighted by Gasteiger charge is -2.37. The van der Waals surface area contributed by atoms with Gasteiger partial charge in [0.05, 0.1) is 4.47 Å². The Labute approximate surface area is 157 Å². The van der Waals surface area contributed by atoms with Crippen molar-refractivity contribution in [1.82, 2.24) is 4.90 Å². The van der Waals surface area contributed by atoms with Crippen LogP contribution in [0.5, 0.6) is 5.75 Å². The van der Waals surface area contributed by atoms with E-state index < -0.39 is 6.10 Å². The van der Waals surface area contributed by atoms with Gasteiger partial charge in [0.25, 0.3) is 5.91 Å². The third-order valence-corrected chi connectivity index (χ3v) is 5.07. The van der Waals surface area contributed by atoms with Crippen LogP contribution in [-0.4, -0.2) is 43.1 Å². The van der Waals surface area contributed by atoms with Gasteiger partial charge in [-0.15, -0.1) is 0 Å². The van der Waals surface area contributed by atoms with Crippen molar-refractivity contribution in [2.75, 3.05) is 31.1 Å². The van der Waals surface area contributed by atoms with Gasteiger partial charge < -0.3 is 14.5 Å². The minimum Gasteiger partial charge on any atom is -0.480 e. The number of para-hydroxylation sites is 1. The van der Waals surface area contributed by atoms with E-state index in [1.54, 1.807) is 0 Å². The molecule has 0 aromatic heterocycles. The van der Waals surface area contributed by atoms with Gasteiger partial charge in [0.1, 0.15) is 5.75 Å². The Morgan fingerprint density at radius 1 is 1.08 bits per heavy atom. The zero-order valence-corrected chi connectivity index (χ0v) is 16.2. The maximum absolute atomic E-state index is 12.7. The first-order chi connectivity index (χ1) is 12.0. The number of piperazine rings is 1. The smallest absolute Gasteiger partial charge is 0.263 e. The Morgan fingerprint density at radius 2 is 1.76 bits per heavy atom. The van der Waals surface area contributed by atoms with Crippen LogP contribution in [0.1, 0.15) is 12.5 Å². The number of hydrogen-bond acceptors (Lipinski definition) is 3. The van der Waals surface area contributed by atoms with Crippen molar-refractivity contribution < 1.29 is 9.53 Å². The van der Waals surface area contributed by atoms with Gasteiger partial charge in [0.15, 0.2) is 6.10 Å². The molecule has 2 aromatic carbocycles. The van der Waals surface area contributed by atoms with Gasteiger partial charge in [-0.05, 0) is 59.6 Å². The van der Waals surface area contributed by atoms with E-state index in [-0.39, 0.29) is 5.91 Å². The Bertz CT molecular complexity index is 728. The lowest BCUT2D eigenvalue weighted by Crippen LogP contribution is -2.52. The molecule has 1 fully saturated rings. The van der Waals surface area contributed by atoms with Crippen LogP contribution in [0.4, 0.5) is 5.69 Å². The fourth-order valence-corrected chi connectivity index (χ4v) is 3.61. The van der Waals surface area contributed by atoms with E-state index in [0.29, 0.717) is 5.75 Å². The van der Waals surface area contributed by atoms with Crippen molar-refractivity contribution in [3.63, 3.8) is 0 Å². The SMILES string of the molecule is Cc1ccc(O[C@H](C)C(=O)N2CCN(c3ccccc3)CC2)c(Br)c1. The number of carbonyl (C=O) groups excluding carboxylic acids is 1. The van der Waals surface area contributed by atoms with E-state index in [2.05, 4.69) is 33.0 Å². The fourth-order valence-electron chi connectivity index (χ4n) is 3.02. The first kappa shape index (κ1) is 17.8. The van der Waals surface area contributed by atoms with Crippen LogP contribution in [0.3, 0.4) is 0 Å². The first-order valence-electron chi connectivity index (χ1n) is 8.56. The molecule has 2 aromatic rings. The van der Waals surface area contributed by atoms with Crippen molar-refractivity contribution in [1.29, 1.82) is 0 Å². The van der Waals surface area contributed by atoms with Crippen LogP contribution >= 0.6 is 15.9 Å². The van der Waals surface area contributed by atoms with Crippen molar-refractivity contribution in [2.24, 2.45) is 0 Å². The molecule has 0 unspecified atom stereocenters. The molecule has 0 radical (unpaired) electrons. The van der Waals surface area contributed by atoms with Gasteiger partial charge in [-0.1, -0.05) is 24.3 Å². The second kappa shape index (κ2) is 7.91. The number of carbonyl (C=O) groups is 1. The zero-order chi connectivity index (χ0) is 17.8. The molecule has 1 atom stereocenters. The number of ether oxygens (including phenoxy) is 1. The molecule has 4 nitrogen and oxygen atoms in total. The van der Waals surface area contributed by atoms with Crippen molar-refractivity contribution in [2.45, 2.75) is 20.0 Å². The molecule has 0 saturated carbocycles. The molecule has 1 heterocycles. The van der Waals surface area contributed by atoms with Gasteiger partial charge in [-0.3, -0.25) is 4.79 Å². The van der Waals surface area contributed by atoms with Crippen LogP contribution in [0.2, 0.25) is 0 Å². The van der Waals surface area contributed by atoms with Crippen molar-refractivity contribution in [3.8, 4) is 5.75 Å². The summed E-state index contributed by atoms with van der Waals surface area (Å²) in [7, 11) is 0. The van der Waals surface area contributed by atoms with Crippen LogP contribution in [0.15, 0.2) is 53.0 Å². The summed E-state index contributed by atoms with van der Waals surface area (Å²) >= 11 is 3.50. The van der Waals surface area contributed by atoms with Crippen molar-refractivity contribution >= 4 is 27.5 Å². The number of anilines is 1. The maximum Gasteiger partial charge on any atom is 0.263 e. The summed E-state index contributed by atoms with van der Waals surface area (Å²) in [6, 6.07) is 16.2. The summed E-state index contributed by atoms with van der Waals surface area (Å²) in [6.45, 7) is 6.97. The highest BCUT2D eigenvalue weighted by Gasteiger charge is 2.26. The molecule has 5 heteroatoms. The summed E-state index contributed by atoms with van der Waals surface area (Å²) in [5.74, 6) is 0.745. The molecule has 0 aliphatic carbocycles. The Hall–Kier alpha value is -2.01. The number of halogens is 1. The molecule has 1 aliphatic rings. The minimum atomic E-state index is -0.498. The average Bonchev–Trinajstić information content (AvgIpc) is 2.64. The lowest BCUT2D eigenvalue weighted by molar-refractivity contribution is -0.138. The Balaban J connectivity index is 1.56. The van der Waals surface area contributed by atoms with Crippen molar-refractivity contribution in [3.05, 3.63) is 58.6 Å². The molecule has 0 N–H and O–H groups in total. The van der Waals surface area contributed by atoms with E-state index in [9.17, 15) is 4.79 Å². The Kier molecular flexibility index (Phi) is 5.63. The van der Waals surface area contributed by atoms with Gasteiger partial charge >= 0.3 is 0 Å². The quantitative estimate of drug-likeness (QED) is 0.777. The topological polar surface area (TPSA) is 32.8 Å². The largest absolute Gasteiger partial charge is 0.480 e. The number of benzene rings is 2. The monoisotopic (exact) mass is 402 g/mol. The molecule has 132 valence electrons. The summed E-state index contributed by atoms with van der Waals surface area (Å²) in [5.41, 5.74) is 2.36.